The Morgan fingerprint density at radius 3 is 2.54 bits per heavy atom. The van der Waals surface area contributed by atoms with Crippen molar-refractivity contribution >= 4 is 24.0 Å². The lowest BCUT2D eigenvalue weighted by Crippen LogP contribution is -2.44. The lowest BCUT2D eigenvalue weighted by atomic mass is 10.1. The fourth-order valence-corrected chi connectivity index (χ4v) is 2.99. The SMILES string of the molecule is CC(C)N(N)/C(=N\N)c1cccc(NC(=O)c2cc3c(cn2)CN(C=O)C3)n1.COCC(F)(F)F. The van der Waals surface area contributed by atoms with Crippen LogP contribution < -0.4 is 17.0 Å². The molecule has 5 N–H and O–H groups in total. The average molecular weight is 496 g/mol. The fourth-order valence-electron chi connectivity index (χ4n) is 2.99. The molecule has 2 amide bonds. The van der Waals surface area contributed by atoms with Gasteiger partial charge in [0, 0.05) is 32.4 Å². The van der Waals surface area contributed by atoms with Crippen molar-refractivity contribution in [1.29, 1.82) is 0 Å². The fraction of sp³-hybridized carbons (Fsp3) is 0.381. The van der Waals surface area contributed by atoms with Gasteiger partial charge in [-0.1, -0.05) is 6.07 Å². The highest BCUT2D eigenvalue weighted by Crippen LogP contribution is 2.21. The number of ether oxygens (including phenoxy) is 1. The summed E-state index contributed by atoms with van der Waals surface area (Å²) in [5, 5.41) is 7.82. The molecule has 0 saturated carbocycles. The zero-order valence-electron chi connectivity index (χ0n) is 19.4. The Morgan fingerprint density at radius 1 is 1.31 bits per heavy atom. The molecule has 1 aliphatic rings. The number of nitrogens with one attached hydrogen (secondary N) is 1. The number of amides is 2. The Hall–Kier alpha value is -3.78. The Kier molecular flexibility index (Phi) is 9.48. The van der Waals surface area contributed by atoms with Crippen molar-refractivity contribution in [2.24, 2.45) is 16.8 Å². The summed E-state index contributed by atoms with van der Waals surface area (Å²) >= 11 is 0. The van der Waals surface area contributed by atoms with Gasteiger partial charge in [-0.05, 0) is 43.2 Å². The normalized spacial score (nSPS) is 13.1. The second kappa shape index (κ2) is 12.1. The van der Waals surface area contributed by atoms with Crippen LogP contribution in [0.3, 0.4) is 0 Å². The van der Waals surface area contributed by atoms with Gasteiger partial charge in [-0.3, -0.25) is 19.6 Å². The van der Waals surface area contributed by atoms with E-state index in [0.717, 1.165) is 24.6 Å². The number of pyridine rings is 2. The molecule has 0 aromatic carbocycles. The molecule has 2 aromatic heterocycles. The summed E-state index contributed by atoms with van der Waals surface area (Å²) in [5.74, 6) is 11.7. The number of halogens is 3. The number of hydrogen-bond acceptors (Lipinski definition) is 8. The third-order valence-electron chi connectivity index (χ3n) is 4.66. The maximum Gasteiger partial charge on any atom is 0.411 e. The van der Waals surface area contributed by atoms with Gasteiger partial charge in [-0.2, -0.15) is 18.3 Å². The number of hydrogen-bond donors (Lipinski definition) is 3. The van der Waals surface area contributed by atoms with Crippen LogP contribution >= 0.6 is 0 Å². The van der Waals surface area contributed by atoms with Gasteiger partial charge in [0.1, 0.15) is 23.8 Å². The van der Waals surface area contributed by atoms with Gasteiger partial charge in [0.25, 0.3) is 5.91 Å². The van der Waals surface area contributed by atoms with E-state index in [1.54, 1.807) is 35.4 Å². The molecular formula is C21H27F3N8O3. The lowest BCUT2D eigenvalue weighted by Gasteiger charge is -2.23. The zero-order chi connectivity index (χ0) is 26.2. The maximum absolute atomic E-state index is 12.6. The first-order chi connectivity index (χ1) is 16.5. The molecule has 3 heterocycles. The van der Waals surface area contributed by atoms with Crippen molar-refractivity contribution in [2.75, 3.05) is 19.0 Å². The summed E-state index contributed by atoms with van der Waals surface area (Å²) in [6.07, 6.45) is -1.77. The van der Waals surface area contributed by atoms with Crippen molar-refractivity contribution < 1.29 is 27.5 Å². The minimum atomic E-state index is -4.17. The lowest BCUT2D eigenvalue weighted by molar-refractivity contribution is -0.167. The van der Waals surface area contributed by atoms with Gasteiger partial charge < -0.3 is 20.8 Å². The number of hydrazone groups is 1. The summed E-state index contributed by atoms with van der Waals surface area (Å²) < 4.78 is 36.6. The van der Waals surface area contributed by atoms with Crippen LogP contribution in [-0.2, 0) is 22.6 Å². The van der Waals surface area contributed by atoms with Crippen LogP contribution in [0.25, 0.3) is 0 Å². The van der Waals surface area contributed by atoms with Crippen LogP contribution in [-0.4, -0.2) is 64.0 Å². The van der Waals surface area contributed by atoms with Crippen LogP contribution in [0.2, 0.25) is 0 Å². The predicted molar refractivity (Wildman–Crippen MR) is 122 cm³/mol. The van der Waals surface area contributed by atoms with Crippen molar-refractivity contribution in [3.8, 4) is 0 Å². The van der Waals surface area contributed by atoms with Crippen LogP contribution in [0.15, 0.2) is 35.6 Å². The van der Waals surface area contributed by atoms with Crippen molar-refractivity contribution in [1.82, 2.24) is 19.9 Å². The summed E-state index contributed by atoms with van der Waals surface area (Å²) in [5.41, 5.74) is 2.51. The molecule has 190 valence electrons. The number of alkyl halides is 3. The van der Waals surface area contributed by atoms with Crippen molar-refractivity contribution in [3.05, 3.63) is 53.0 Å². The Balaban J connectivity index is 0.000000540. The molecule has 0 unspecified atom stereocenters. The summed E-state index contributed by atoms with van der Waals surface area (Å²) in [6.45, 7) is 3.59. The van der Waals surface area contributed by atoms with Gasteiger partial charge in [0.15, 0.2) is 5.84 Å². The largest absolute Gasteiger partial charge is 0.411 e. The molecule has 1 aliphatic heterocycles. The van der Waals surface area contributed by atoms with E-state index in [4.69, 9.17) is 11.7 Å². The number of rotatable bonds is 6. The second-order valence-electron chi connectivity index (χ2n) is 7.71. The minimum absolute atomic E-state index is 0.0381. The first-order valence-electron chi connectivity index (χ1n) is 10.3. The molecule has 0 radical (unpaired) electrons. The topological polar surface area (TPSA) is 152 Å². The number of amidine groups is 1. The van der Waals surface area contributed by atoms with Gasteiger partial charge >= 0.3 is 6.18 Å². The first kappa shape index (κ1) is 27.5. The van der Waals surface area contributed by atoms with Gasteiger partial charge in [0.2, 0.25) is 6.41 Å². The number of anilines is 1. The molecule has 3 rings (SSSR count). The number of hydrazine groups is 1. The third kappa shape index (κ3) is 7.89. The molecule has 0 bridgehead atoms. The number of carbonyl (C=O) groups is 2. The Bertz CT molecular complexity index is 1060. The van der Waals surface area contributed by atoms with Gasteiger partial charge in [0.05, 0.1) is 0 Å². The molecule has 0 aliphatic carbocycles. The molecule has 2 aromatic rings. The van der Waals surface area contributed by atoms with Gasteiger partial charge in [-0.25, -0.2) is 10.8 Å². The van der Waals surface area contributed by atoms with Crippen LogP contribution in [0.5, 0.6) is 0 Å². The van der Waals surface area contributed by atoms with E-state index in [1.165, 1.54) is 5.01 Å². The molecule has 0 atom stereocenters. The Labute approximate surface area is 199 Å². The molecule has 0 spiro atoms. The van der Waals surface area contributed by atoms with Crippen LogP contribution in [0.4, 0.5) is 19.0 Å². The smallest absolute Gasteiger partial charge is 0.375 e. The number of carbonyl (C=O) groups excluding carboxylic acids is 2. The van der Waals surface area contributed by atoms with Crippen molar-refractivity contribution in [3.63, 3.8) is 0 Å². The highest BCUT2D eigenvalue weighted by atomic mass is 19.4. The number of nitrogens with zero attached hydrogens (tertiary/aromatic N) is 5. The van der Waals surface area contributed by atoms with Gasteiger partial charge in [-0.15, -0.1) is 0 Å². The van der Waals surface area contributed by atoms with E-state index in [-0.39, 0.29) is 11.7 Å². The summed E-state index contributed by atoms with van der Waals surface area (Å²) in [6, 6.07) is 6.71. The average Bonchev–Trinajstić information content (AvgIpc) is 3.22. The minimum Gasteiger partial charge on any atom is -0.375 e. The van der Waals surface area contributed by atoms with E-state index in [1.807, 2.05) is 13.8 Å². The quantitative estimate of drug-likeness (QED) is 0.179. The number of aromatic nitrogens is 2. The van der Waals surface area contributed by atoms with E-state index in [2.05, 4.69) is 25.1 Å². The highest BCUT2D eigenvalue weighted by molar-refractivity contribution is 6.03. The molecule has 0 saturated heterocycles. The number of fused-ring (bicyclic) bond motifs is 1. The first-order valence-corrected chi connectivity index (χ1v) is 10.3. The van der Waals surface area contributed by atoms with Crippen molar-refractivity contribution in [2.45, 2.75) is 39.2 Å². The second-order valence-corrected chi connectivity index (χ2v) is 7.71. The van der Waals surface area contributed by atoms with E-state index < -0.39 is 18.7 Å². The standard InChI is InChI=1S/C18H22N8O2.C3H5F3O/c1-11(2)26(20)17(24-19)14-4-3-5-16(22-14)23-18(28)15-6-12-8-25(10-27)9-13(12)7-21-15;1-7-2-3(4,5)6/h3-7,10-11H,8-9,19-20H2,1-2H3,(H,22,23,28);2H2,1H3/b24-17-;. The van der Waals surface area contributed by atoms with E-state index >= 15 is 0 Å². The molecule has 0 fully saturated rings. The predicted octanol–water partition coefficient (Wildman–Crippen LogP) is 1.60. The number of methoxy groups -OCH3 is 1. The van der Waals surface area contributed by atoms with E-state index in [9.17, 15) is 22.8 Å². The molecule has 35 heavy (non-hydrogen) atoms. The van der Waals surface area contributed by atoms with Crippen LogP contribution in [0, 0.1) is 0 Å². The molecular weight excluding hydrogens is 469 g/mol. The summed E-state index contributed by atoms with van der Waals surface area (Å²) in [4.78, 5) is 33.7. The monoisotopic (exact) mass is 496 g/mol. The highest BCUT2D eigenvalue weighted by Gasteiger charge is 2.26. The Morgan fingerprint density at radius 2 is 2.00 bits per heavy atom. The van der Waals surface area contributed by atoms with Crippen LogP contribution in [0.1, 0.15) is 41.2 Å². The molecule has 14 heteroatoms. The molecule has 11 nitrogen and oxygen atoms in total. The maximum atomic E-state index is 12.6. The summed E-state index contributed by atoms with van der Waals surface area (Å²) in [7, 11) is 1.01. The third-order valence-corrected chi connectivity index (χ3v) is 4.66. The number of nitrogens with two attached hydrogens (primary N) is 2. The zero-order valence-corrected chi connectivity index (χ0v) is 19.4. The van der Waals surface area contributed by atoms with E-state index in [0.29, 0.717) is 30.4 Å².